The maximum absolute atomic E-state index is 12.2. The van der Waals surface area contributed by atoms with Gasteiger partial charge in [-0.15, -0.1) is 0 Å². The summed E-state index contributed by atoms with van der Waals surface area (Å²) in [6, 6.07) is 16.1. The highest BCUT2D eigenvalue weighted by atomic mass is 16.5. The molecule has 2 N–H and O–H groups in total. The van der Waals surface area contributed by atoms with Crippen molar-refractivity contribution in [3.8, 4) is 0 Å². The molecule has 114 valence electrons. The Kier molecular flexibility index (Phi) is 4.58. The summed E-state index contributed by atoms with van der Waals surface area (Å²) >= 11 is 0. The van der Waals surface area contributed by atoms with E-state index < -0.39 is 23.5 Å². The van der Waals surface area contributed by atoms with E-state index >= 15 is 0 Å². The molecule has 0 spiro atoms. The van der Waals surface area contributed by atoms with Gasteiger partial charge in [0.1, 0.15) is 5.92 Å². The van der Waals surface area contributed by atoms with E-state index in [0.29, 0.717) is 5.56 Å². The molecule has 0 aliphatic carbocycles. The van der Waals surface area contributed by atoms with Crippen molar-refractivity contribution in [2.24, 2.45) is 0 Å². The van der Waals surface area contributed by atoms with Gasteiger partial charge < -0.3 is 14.9 Å². The van der Waals surface area contributed by atoms with Crippen LogP contribution in [0.3, 0.4) is 0 Å². The van der Waals surface area contributed by atoms with E-state index in [1.807, 2.05) is 0 Å². The van der Waals surface area contributed by atoms with Gasteiger partial charge in [0.2, 0.25) is 5.60 Å². The minimum atomic E-state index is -2.32. The summed E-state index contributed by atoms with van der Waals surface area (Å²) in [7, 11) is 1.11. The van der Waals surface area contributed by atoms with Crippen LogP contribution in [-0.4, -0.2) is 29.3 Å². The number of methoxy groups -OCH3 is 1. The third-order valence-corrected chi connectivity index (χ3v) is 3.51. The van der Waals surface area contributed by atoms with Crippen LogP contribution in [0.1, 0.15) is 17.0 Å². The number of carboxylic acid groups (broad SMARTS) is 1. The van der Waals surface area contributed by atoms with Gasteiger partial charge in [0.05, 0.1) is 7.11 Å². The number of aliphatic carboxylic acids is 1. The molecule has 0 aliphatic rings. The van der Waals surface area contributed by atoms with Crippen LogP contribution in [0.2, 0.25) is 0 Å². The molecule has 0 saturated heterocycles. The second kappa shape index (κ2) is 6.41. The Hall–Kier alpha value is -2.66. The second-order valence-electron chi connectivity index (χ2n) is 4.81. The molecule has 0 saturated carbocycles. The second-order valence-corrected chi connectivity index (χ2v) is 4.81. The average molecular weight is 300 g/mol. The Balaban J connectivity index is 2.66. The average Bonchev–Trinajstić information content (AvgIpc) is 2.55. The highest BCUT2D eigenvalue weighted by Crippen LogP contribution is 2.38. The minimum absolute atomic E-state index is 0.165. The topological polar surface area (TPSA) is 83.8 Å². The fourth-order valence-electron chi connectivity index (χ4n) is 2.46. The molecular formula is C17H16O5. The van der Waals surface area contributed by atoms with Crippen LogP contribution >= 0.6 is 0 Å². The summed E-state index contributed by atoms with van der Waals surface area (Å²) < 4.78 is 4.67. The van der Waals surface area contributed by atoms with Gasteiger partial charge in [-0.1, -0.05) is 60.7 Å². The molecule has 0 amide bonds. The van der Waals surface area contributed by atoms with Crippen LogP contribution in [0.5, 0.6) is 0 Å². The first-order chi connectivity index (χ1) is 10.5. The summed E-state index contributed by atoms with van der Waals surface area (Å²) in [6.07, 6.45) is 0. The zero-order valence-corrected chi connectivity index (χ0v) is 12.0. The lowest BCUT2D eigenvalue weighted by Gasteiger charge is -2.31. The molecule has 5 nitrogen and oxygen atoms in total. The van der Waals surface area contributed by atoms with Crippen molar-refractivity contribution in [3.05, 3.63) is 71.8 Å². The summed E-state index contributed by atoms with van der Waals surface area (Å²) in [6.45, 7) is 0. The Bertz CT molecular complexity index is 653. The molecule has 0 aliphatic heterocycles. The highest BCUT2D eigenvalue weighted by molar-refractivity contribution is 5.91. The largest absolute Gasteiger partial charge is 0.481 e. The molecule has 0 bridgehead atoms. The Labute approximate surface area is 127 Å². The van der Waals surface area contributed by atoms with Crippen LogP contribution in [0, 0.1) is 0 Å². The summed E-state index contributed by atoms with van der Waals surface area (Å²) in [5.41, 5.74) is -1.84. The lowest BCUT2D eigenvalue weighted by Crippen LogP contribution is -2.45. The smallest absolute Gasteiger partial charge is 0.343 e. The van der Waals surface area contributed by atoms with Crippen LogP contribution in [-0.2, 0) is 19.9 Å². The maximum Gasteiger partial charge on any atom is 0.343 e. The number of carbonyl (C=O) groups is 2. The number of hydrogen-bond donors (Lipinski definition) is 2. The number of hydrogen-bond acceptors (Lipinski definition) is 4. The minimum Gasteiger partial charge on any atom is -0.481 e. The molecule has 0 radical (unpaired) electrons. The van der Waals surface area contributed by atoms with Gasteiger partial charge in [-0.2, -0.15) is 0 Å². The van der Waals surface area contributed by atoms with Gasteiger partial charge in [-0.25, -0.2) is 4.79 Å². The fraction of sp³-hybridized carbons (Fsp3) is 0.176. The predicted octanol–water partition coefficient (Wildman–Crippen LogP) is 1.92. The number of carbonyl (C=O) groups excluding carboxylic acids is 1. The van der Waals surface area contributed by atoms with Crippen molar-refractivity contribution in [2.75, 3.05) is 7.11 Å². The van der Waals surface area contributed by atoms with Crippen molar-refractivity contribution in [3.63, 3.8) is 0 Å². The molecule has 0 aromatic heterocycles. The first kappa shape index (κ1) is 15.7. The number of rotatable bonds is 5. The van der Waals surface area contributed by atoms with Gasteiger partial charge in [0, 0.05) is 0 Å². The van der Waals surface area contributed by atoms with Crippen molar-refractivity contribution in [2.45, 2.75) is 11.5 Å². The molecule has 22 heavy (non-hydrogen) atoms. The first-order valence-corrected chi connectivity index (χ1v) is 6.66. The normalized spacial score (nSPS) is 14.6. The van der Waals surface area contributed by atoms with Crippen molar-refractivity contribution >= 4 is 11.9 Å². The summed E-state index contributed by atoms with van der Waals surface area (Å²) in [4.78, 5) is 24.0. The number of esters is 1. The van der Waals surface area contributed by atoms with E-state index in [2.05, 4.69) is 4.74 Å². The number of aliphatic hydroxyl groups is 1. The summed E-state index contributed by atoms with van der Waals surface area (Å²) in [5.74, 6) is -3.82. The van der Waals surface area contributed by atoms with Crippen molar-refractivity contribution in [1.82, 2.24) is 0 Å². The fourth-order valence-corrected chi connectivity index (χ4v) is 2.46. The van der Waals surface area contributed by atoms with Crippen LogP contribution in [0.4, 0.5) is 0 Å². The van der Waals surface area contributed by atoms with E-state index in [0.717, 1.165) is 7.11 Å². The molecule has 2 unspecified atom stereocenters. The molecule has 2 rings (SSSR count). The molecule has 2 atom stereocenters. The number of benzene rings is 2. The Morgan fingerprint density at radius 3 is 1.95 bits per heavy atom. The molecule has 0 heterocycles. The summed E-state index contributed by atoms with van der Waals surface area (Å²) in [5, 5.41) is 20.6. The quantitative estimate of drug-likeness (QED) is 0.824. The molecule has 2 aromatic rings. The van der Waals surface area contributed by atoms with Crippen LogP contribution < -0.4 is 0 Å². The van der Waals surface area contributed by atoms with Crippen molar-refractivity contribution in [1.29, 1.82) is 0 Å². The molecule has 5 heteroatoms. The third kappa shape index (κ3) is 2.71. The lowest BCUT2D eigenvalue weighted by atomic mass is 9.77. The van der Waals surface area contributed by atoms with E-state index in [4.69, 9.17) is 0 Å². The van der Waals surface area contributed by atoms with Crippen LogP contribution in [0.25, 0.3) is 0 Å². The van der Waals surface area contributed by atoms with E-state index in [9.17, 15) is 19.8 Å². The van der Waals surface area contributed by atoms with E-state index in [-0.39, 0.29) is 5.56 Å². The zero-order valence-electron chi connectivity index (χ0n) is 12.0. The van der Waals surface area contributed by atoms with Gasteiger partial charge in [-0.05, 0) is 11.1 Å². The zero-order chi connectivity index (χ0) is 16.2. The molecule has 0 fully saturated rings. The Morgan fingerprint density at radius 2 is 1.50 bits per heavy atom. The SMILES string of the molecule is COC(=O)C(O)(c1ccccc1)C(C(=O)O)c1ccccc1. The molecule has 2 aromatic carbocycles. The predicted molar refractivity (Wildman–Crippen MR) is 79.2 cm³/mol. The standard InChI is InChI=1S/C17H16O5/c1-22-16(20)17(21,13-10-6-3-7-11-13)14(15(18)19)12-8-4-2-5-9-12/h2-11,14,21H,1H3,(H,18,19). The van der Waals surface area contributed by atoms with Gasteiger partial charge in [0.15, 0.2) is 0 Å². The number of ether oxygens (including phenoxy) is 1. The Morgan fingerprint density at radius 1 is 1.00 bits per heavy atom. The van der Waals surface area contributed by atoms with Gasteiger partial charge >= 0.3 is 11.9 Å². The van der Waals surface area contributed by atoms with Gasteiger partial charge in [-0.3, -0.25) is 4.79 Å². The van der Waals surface area contributed by atoms with E-state index in [1.54, 1.807) is 48.5 Å². The highest BCUT2D eigenvalue weighted by Gasteiger charge is 2.51. The van der Waals surface area contributed by atoms with E-state index in [1.165, 1.54) is 12.1 Å². The number of carboxylic acids is 1. The van der Waals surface area contributed by atoms with Gasteiger partial charge in [0.25, 0.3) is 0 Å². The first-order valence-electron chi connectivity index (χ1n) is 6.66. The third-order valence-electron chi connectivity index (χ3n) is 3.51. The van der Waals surface area contributed by atoms with Crippen LogP contribution in [0.15, 0.2) is 60.7 Å². The molecular weight excluding hydrogens is 284 g/mol. The monoisotopic (exact) mass is 300 g/mol. The maximum atomic E-state index is 12.2. The lowest BCUT2D eigenvalue weighted by molar-refractivity contribution is -0.173. The van der Waals surface area contributed by atoms with Crippen molar-refractivity contribution < 1.29 is 24.5 Å².